The Labute approximate surface area is 135 Å². The Morgan fingerprint density at radius 1 is 0.864 bits per heavy atom. The van der Waals surface area contributed by atoms with Crippen LogP contribution in [0.15, 0.2) is 0 Å². The van der Waals surface area contributed by atoms with Gasteiger partial charge in [0, 0.05) is 11.8 Å². The lowest BCUT2D eigenvalue weighted by molar-refractivity contribution is -0.428. The van der Waals surface area contributed by atoms with Crippen molar-refractivity contribution in [2.75, 3.05) is 0 Å². The van der Waals surface area contributed by atoms with Gasteiger partial charge in [-0.15, -0.1) is 0 Å². The Hall–Kier alpha value is -0.160. The van der Waals surface area contributed by atoms with Gasteiger partial charge >= 0.3 is 0 Å². The predicted octanol–water partition coefficient (Wildman–Crippen LogP) is 3.77. The van der Waals surface area contributed by atoms with Gasteiger partial charge in [0.15, 0.2) is 6.29 Å². The van der Waals surface area contributed by atoms with E-state index in [1.165, 1.54) is 0 Å². The molecule has 0 aromatic carbocycles. The molecule has 9 unspecified atom stereocenters. The Balaban J connectivity index is 2.12. The summed E-state index contributed by atoms with van der Waals surface area (Å²) in [6.45, 7) is 15.0. The molecule has 4 nitrogen and oxygen atoms in total. The first-order valence-corrected chi connectivity index (χ1v) is 8.98. The molecule has 2 heterocycles. The zero-order valence-electron chi connectivity index (χ0n) is 15.2. The fourth-order valence-electron chi connectivity index (χ4n) is 3.93. The van der Waals surface area contributed by atoms with Crippen LogP contribution in [0.5, 0.6) is 0 Å². The molecule has 0 saturated carbocycles. The van der Waals surface area contributed by atoms with Crippen LogP contribution in [0, 0.1) is 29.6 Å². The summed E-state index contributed by atoms with van der Waals surface area (Å²) < 4.78 is 18.0. The van der Waals surface area contributed by atoms with Crippen LogP contribution >= 0.6 is 0 Å². The summed E-state index contributed by atoms with van der Waals surface area (Å²) in [6, 6.07) is 0. The number of hydrogen-bond acceptors (Lipinski definition) is 4. The smallest absolute Gasteiger partial charge is 0.285 e. The second kappa shape index (κ2) is 6.76. The second-order valence-corrected chi connectivity index (χ2v) is 7.49. The maximum atomic E-state index is 10.9. The standard InChI is InChI=1S/C18H34O4/c1-8-15-11(4)10(3)12(5)17(20-15)22-18(19)14(7)13(6)16(9-2)21-18/h10-17,19H,8-9H2,1-7H3. The van der Waals surface area contributed by atoms with Crippen molar-refractivity contribution in [1.29, 1.82) is 0 Å². The van der Waals surface area contributed by atoms with E-state index in [-0.39, 0.29) is 30.0 Å². The quantitative estimate of drug-likeness (QED) is 0.802. The van der Waals surface area contributed by atoms with Gasteiger partial charge in [-0.25, -0.2) is 0 Å². The molecule has 0 aromatic heterocycles. The third-order valence-corrected chi connectivity index (χ3v) is 6.34. The number of aliphatic hydroxyl groups is 1. The summed E-state index contributed by atoms with van der Waals surface area (Å²) in [6.07, 6.45) is 1.64. The summed E-state index contributed by atoms with van der Waals surface area (Å²) in [4.78, 5) is 0. The van der Waals surface area contributed by atoms with E-state index in [1.54, 1.807) is 0 Å². The summed E-state index contributed by atoms with van der Waals surface area (Å²) >= 11 is 0. The molecule has 0 aromatic rings. The van der Waals surface area contributed by atoms with E-state index in [0.717, 1.165) is 12.8 Å². The predicted molar refractivity (Wildman–Crippen MR) is 86.0 cm³/mol. The van der Waals surface area contributed by atoms with Gasteiger partial charge in [-0.05, 0) is 30.6 Å². The molecular formula is C18H34O4. The fraction of sp³-hybridized carbons (Fsp3) is 1.00. The van der Waals surface area contributed by atoms with E-state index in [1.807, 2.05) is 6.92 Å². The monoisotopic (exact) mass is 314 g/mol. The molecule has 0 radical (unpaired) electrons. The van der Waals surface area contributed by atoms with Gasteiger partial charge in [-0.3, -0.25) is 4.74 Å². The summed E-state index contributed by atoms with van der Waals surface area (Å²) in [5.74, 6) is -0.108. The Kier molecular flexibility index (Phi) is 5.59. The van der Waals surface area contributed by atoms with Crippen molar-refractivity contribution in [2.45, 2.75) is 85.8 Å². The SMILES string of the molecule is CCC1OC(OC2(O)OC(CC)C(C)C2C)C(C)C(C)C1C. The van der Waals surface area contributed by atoms with Crippen LogP contribution in [0.2, 0.25) is 0 Å². The molecule has 130 valence electrons. The molecule has 0 amide bonds. The van der Waals surface area contributed by atoms with E-state index in [2.05, 4.69) is 41.5 Å². The van der Waals surface area contributed by atoms with Crippen LogP contribution in [0.4, 0.5) is 0 Å². The molecule has 1 N–H and O–H groups in total. The lowest BCUT2D eigenvalue weighted by atomic mass is 9.78. The van der Waals surface area contributed by atoms with Gasteiger partial charge in [-0.1, -0.05) is 48.5 Å². The van der Waals surface area contributed by atoms with E-state index in [9.17, 15) is 5.11 Å². The van der Waals surface area contributed by atoms with Gasteiger partial charge < -0.3 is 14.6 Å². The minimum absolute atomic E-state index is 0.0391. The average molecular weight is 314 g/mol. The highest BCUT2D eigenvalue weighted by atomic mass is 16.9. The molecule has 22 heavy (non-hydrogen) atoms. The van der Waals surface area contributed by atoms with Crippen molar-refractivity contribution in [2.24, 2.45) is 29.6 Å². The lowest BCUT2D eigenvalue weighted by Gasteiger charge is -2.45. The normalized spacial score (nSPS) is 52.9. The van der Waals surface area contributed by atoms with Crippen LogP contribution in [0.1, 0.15) is 61.3 Å². The fourth-order valence-corrected chi connectivity index (χ4v) is 3.93. The molecule has 9 atom stereocenters. The first kappa shape index (κ1) is 18.2. The van der Waals surface area contributed by atoms with Crippen LogP contribution in [0.3, 0.4) is 0 Å². The highest BCUT2D eigenvalue weighted by molar-refractivity contribution is 4.88. The van der Waals surface area contributed by atoms with E-state index < -0.39 is 12.3 Å². The highest BCUT2D eigenvalue weighted by Gasteiger charge is 2.53. The topological polar surface area (TPSA) is 47.9 Å². The Morgan fingerprint density at radius 3 is 1.95 bits per heavy atom. The molecule has 0 aliphatic carbocycles. The third kappa shape index (κ3) is 3.08. The third-order valence-electron chi connectivity index (χ3n) is 6.34. The van der Waals surface area contributed by atoms with E-state index in [0.29, 0.717) is 11.8 Å². The van der Waals surface area contributed by atoms with Crippen LogP contribution in [0.25, 0.3) is 0 Å². The van der Waals surface area contributed by atoms with Crippen molar-refractivity contribution in [3.05, 3.63) is 0 Å². The second-order valence-electron chi connectivity index (χ2n) is 7.49. The summed E-state index contributed by atoms with van der Waals surface area (Å²) in [5, 5.41) is 10.9. The van der Waals surface area contributed by atoms with E-state index in [4.69, 9.17) is 14.2 Å². The van der Waals surface area contributed by atoms with Crippen molar-refractivity contribution in [3.63, 3.8) is 0 Å². The van der Waals surface area contributed by atoms with Gasteiger partial charge in [0.1, 0.15) is 0 Å². The minimum Gasteiger partial charge on any atom is -0.349 e. The maximum Gasteiger partial charge on any atom is 0.285 e. The maximum absolute atomic E-state index is 10.9. The Bertz CT molecular complexity index is 372. The minimum atomic E-state index is -1.53. The summed E-state index contributed by atoms with van der Waals surface area (Å²) in [7, 11) is 0. The zero-order chi connectivity index (χ0) is 16.7. The number of rotatable bonds is 4. The highest BCUT2D eigenvalue weighted by Crippen LogP contribution is 2.44. The number of ether oxygens (including phenoxy) is 3. The zero-order valence-corrected chi connectivity index (χ0v) is 15.2. The molecule has 2 fully saturated rings. The molecular weight excluding hydrogens is 280 g/mol. The van der Waals surface area contributed by atoms with Gasteiger partial charge in [0.2, 0.25) is 0 Å². The van der Waals surface area contributed by atoms with Gasteiger partial charge in [0.25, 0.3) is 5.97 Å². The first-order valence-electron chi connectivity index (χ1n) is 8.98. The molecule has 0 bridgehead atoms. The molecule has 2 aliphatic heterocycles. The summed E-state index contributed by atoms with van der Waals surface area (Å²) in [5.41, 5.74) is 0. The van der Waals surface area contributed by atoms with Crippen LogP contribution in [-0.4, -0.2) is 29.6 Å². The molecule has 2 rings (SSSR count). The average Bonchev–Trinajstić information content (AvgIpc) is 2.72. The molecule has 2 aliphatic rings. The first-order chi connectivity index (χ1) is 10.2. The largest absolute Gasteiger partial charge is 0.349 e. The van der Waals surface area contributed by atoms with Crippen molar-refractivity contribution in [1.82, 2.24) is 0 Å². The number of hydrogen-bond donors (Lipinski definition) is 1. The van der Waals surface area contributed by atoms with Crippen molar-refractivity contribution in [3.8, 4) is 0 Å². The molecule has 0 spiro atoms. The molecule has 4 heteroatoms. The molecule has 2 saturated heterocycles. The van der Waals surface area contributed by atoms with E-state index >= 15 is 0 Å². The van der Waals surface area contributed by atoms with Gasteiger partial charge in [-0.2, -0.15) is 0 Å². The van der Waals surface area contributed by atoms with Gasteiger partial charge in [0.05, 0.1) is 12.2 Å². The lowest BCUT2D eigenvalue weighted by Crippen LogP contribution is -2.51. The van der Waals surface area contributed by atoms with Crippen molar-refractivity contribution >= 4 is 0 Å². The van der Waals surface area contributed by atoms with Crippen LogP contribution in [-0.2, 0) is 14.2 Å². The van der Waals surface area contributed by atoms with Crippen molar-refractivity contribution < 1.29 is 19.3 Å². The van der Waals surface area contributed by atoms with Crippen LogP contribution < -0.4 is 0 Å². The Morgan fingerprint density at radius 2 is 1.45 bits per heavy atom.